The van der Waals surface area contributed by atoms with E-state index in [0.29, 0.717) is 0 Å². The second-order valence-corrected chi connectivity index (χ2v) is 6.58. The average Bonchev–Trinajstić information content (AvgIpc) is 3.29. The third-order valence-electron chi connectivity index (χ3n) is 5.14. The first kappa shape index (κ1) is 11.9. The normalized spacial score (nSPS) is 12.9. The number of H-pyrrole nitrogens is 1. The number of rotatable bonds is 1. The summed E-state index contributed by atoms with van der Waals surface area (Å²) in [6.07, 6.45) is 0. The fourth-order valence-electron chi connectivity index (χ4n) is 4.06. The number of hydrogen-bond donors (Lipinski definition) is 1. The van der Waals surface area contributed by atoms with Crippen molar-refractivity contribution < 1.29 is 2.74 Å². The molecule has 0 spiro atoms. The second-order valence-electron chi connectivity index (χ2n) is 6.58. The average molecular weight is 334 g/mol. The van der Waals surface area contributed by atoms with Crippen LogP contribution in [0, 0.1) is 0 Å². The van der Waals surface area contributed by atoms with Crippen LogP contribution in [-0.4, -0.2) is 9.55 Å². The fourth-order valence-corrected chi connectivity index (χ4v) is 4.06. The Morgan fingerprint density at radius 1 is 0.654 bits per heavy atom. The van der Waals surface area contributed by atoms with Crippen molar-refractivity contribution >= 4 is 43.6 Å². The van der Waals surface area contributed by atoms with Crippen LogP contribution in [0.25, 0.3) is 49.3 Å². The van der Waals surface area contributed by atoms with Gasteiger partial charge in [-0.05, 0) is 30.3 Å². The van der Waals surface area contributed by atoms with Crippen molar-refractivity contribution in [2.24, 2.45) is 0 Å². The molecule has 0 radical (unpaired) electrons. The van der Waals surface area contributed by atoms with Crippen molar-refractivity contribution in [3.8, 4) is 5.69 Å². The lowest BCUT2D eigenvalue weighted by Crippen LogP contribution is -1.93. The Morgan fingerprint density at radius 3 is 2.27 bits per heavy atom. The minimum absolute atomic E-state index is 0.245. The maximum absolute atomic E-state index is 8.78. The van der Waals surface area contributed by atoms with E-state index in [9.17, 15) is 0 Å². The quantitative estimate of drug-likeness (QED) is 0.358. The molecule has 26 heavy (non-hydrogen) atoms. The van der Waals surface area contributed by atoms with Crippen molar-refractivity contribution in [3.05, 3.63) is 90.9 Å². The number of benzene rings is 4. The third-order valence-corrected chi connectivity index (χ3v) is 5.14. The molecule has 2 nitrogen and oxygen atoms in total. The highest BCUT2D eigenvalue weighted by Crippen LogP contribution is 2.39. The van der Waals surface area contributed by atoms with Gasteiger partial charge in [0.25, 0.3) is 0 Å². The van der Waals surface area contributed by atoms with E-state index in [-0.39, 0.29) is 12.1 Å². The maximum atomic E-state index is 8.78. The lowest BCUT2D eigenvalue weighted by atomic mass is 10.1. The van der Waals surface area contributed by atoms with Crippen molar-refractivity contribution in [2.45, 2.75) is 0 Å². The van der Waals surface area contributed by atoms with E-state index in [0.717, 1.165) is 49.3 Å². The first-order valence-corrected chi connectivity index (χ1v) is 8.74. The number of para-hydroxylation sites is 3. The summed E-state index contributed by atoms with van der Waals surface area (Å²) >= 11 is 0. The van der Waals surface area contributed by atoms with Gasteiger partial charge in [-0.2, -0.15) is 0 Å². The zero-order valence-corrected chi connectivity index (χ0v) is 14.0. The molecule has 0 bridgehead atoms. The molecule has 122 valence electrons. The number of nitrogens with zero attached hydrogens (tertiary/aromatic N) is 1. The highest BCUT2D eigenvalue weighted by molar-refractivity contribution is 6.25. The molecule has 0 aliphatic rings. The molecule has 4 aromatic carbocycles. The minimum atomic E-state index is 0.245. The van der Waals surface area contributed by atoms with E-state index in [1.807, 2.05) is 48.5 Å². The molecule has 0 aliphatic carbocycles. The van der Waals surface area contributed by atoms with Crippen molar-refractivity contribution in [1.29, 1.82) is 0 Å². The van der Waals surface area contributed by atoms with Crippen LogP contribution < -0.4 is 0 Å². The van der Waals surface area contributed by atoms with Crippen LogP contribution in [0.5, 0.6) is 0 Å². The van der Waals surface area contributed by atoms with Crippen LogP contribution in [0.1, 0.15) is 2.74 Å². The summed E-state index contributed by atoms with van der Waals surface area (Å²) in [7, 11) is 0. The number of aromatic amines is 1. The molecule has 0 aliphatic heterocycles. The van der Waals surface area contributed by atoms with Gasteiger partial charge < -0.3 is 9.55 Å². The standard InChI is InChI=1S/C24H16N2/c1-2-8-16(9-3-1)26-22-13-7-5-10-17(22)18-14-15-21-23(24(18)26)19-11-4-6-12-20(19)25-21/h1-15,25H/i14D,15D. The maximum Gasteiger partial charge on any atom is 0.0645 e. The van der Waals surface area contributed by atoms with Gasteiger partial charge in [0.1, 0.15) is 0 Å². The van der Waals surface area contributed by atoms with Gasteiger partial charge in [0.05, 0.1) is 13.8 Å². The van der Waals surface area contributed by atoms with Crippen molar-refractivity contribution in [3.63, 3.8) is 0 Å². The molecular formula is C24H16N2. The minimum Gasteiger partial charge on any atom is -0.354 e. The van der Waals surface area contributed by atoms with Gasteiger partial charge in [0.15, 0.2) is 0 Å². The fraction of sp³-hybridized carbons (Fsp3) is 0. The second kappa shape index (κ2) is 4.99. The van der Waals surface area contributed by atoms with Crippen molar-refractivity contribution in [2.75, 3.05) is 0 Å². The van der Waals surface area contributed by atoms with Crippen LogP contribution in [-0.2, 0) is 0 Å². The summed E-state index contributed by atoms with van der Waals surface area (Å²) < 4.78 is 19.7. The number of hydrogen-bond acceptors (Lipinski definition) is 0. The van der Waals surface area contributed by atoms with Gasteiger partial charge in [-0.25, -0.2) is 0 Å². The Bertz CT molecular complexity index is 1520. The Kier molecular flexibility index (Phi) is 2.29. The van der Waals surface area contributed by atoms with E-state index in [4.69, 9.17) is 2.74 Å². The molecule has 0 atom stereocenters. The predicted molar refractivity (Wildman–Crippen MR) is 110 cm³/mol. The van der Waals surface area contributed by atoms with E-state index < -0.39 is 0 Å². The van der Waals surface area contributed by atoms with Crippen molar-refractivity contribution in [1.82, 2.24) is 9.55 Å². The van der Waals surface area contributed by atoms with Gasteiger partial charge >= 0.3 is 0 Å². The Morgan fingerprint density at radius 2 is 1.38 bits per heavy atom. The molecule has 0 unspecified atom stereocenters. The largest absolute Gasteiger partial charge is 0.354 e. The summed E-state index contributed by atoms with van der Waals surface area (Å²) in [5, 5.41) is 3.93. The van der Waals surface area contributed by atoms with Crippen LogP contribution in [0.15, 0.2) is 90.9 Å². The molecule has 6 rings (SSSR count). The Hall–Kier alpha value is -3.52. The van der Waals surface area contributed by atoms with Crippen LogP contribution >= 0.6 is 0 Å². The molecule has 0 amide bonds. The molecule has 6 aromatic rings. The SMILES string of the molecule is [2H]c1c([2H])c2c3ccccc3n(-c3ccccc3)c2c2c1[nH]c1ccccc12. The van der Waals surface area contributed by atoms with Gasteiger partial charge in [0, 0.05) is 38.3 Å². The molecule has 0 saturated carbocycles. The van der Waals surface area contributed by atoms with E-state index in [1.165, 1.54) is 0 Å². The Balaban J connectivity index is 2.01. The molecule has 0 saturated heterocycles. The highest BCUT2D eigenvalue weighted by atomic mass is 15.0. The zero-order valence-electron chi connectivity index (χ0n) is 16.0. The smallest absolute Gasteiger partial charge is 0.0645 e. The van der Waals surface area contributed by atoms with Gasteiger partial charge in [0.2, 0.25) is 0 Å². The van der Waals surface area contributed by atoms with Gasteiger partial charge in [-0.3, -0.25) is 0 Å². The molecular weight excluding hydrogens is 316 g/mol. The van der Waals surface area contributed by atoms with E-state index in [2.05, 4.69) is 39.9 Å². The first-order chi connectivity index (χ1) is 13.8. The van der Waals surface area contributed by atoms with E-state index in [1.54, 1.807) is 0 Å². The lowest BCUT2D eigenvalue weighted by molar-refractivity contribution is 1.19. The van der Waals surface area contributed by atoms with Crippen LogP contribution in [0.2, 0.25) is 0 Å². The zero-order chi connectivity index (χ0) is 18.8. The van der Waals surface area contributed by atoms with Gasteiger partial charge in [-0.15, -0.1) is 0 Å². The summed E-state index contributed by atoms with van der Waals surface area (Å²) in [4.78, 5) is 3.38. The van der Waals surface area contributed by atoms with Crippen LogP contribution in [0.3, 0.4) is 0 Å². The summed E-state index contributed by atoms with van der Waals surface area (Å²) in [5.74, 6) is 0. The molecule has 1 N–H and O–H groups in total. The van der Waals surface area contributed by atoms with Crippen LogP contribution in [0.4, 0.5) is 0 Å². The highest BCUT2D eigenvalue weighted by Gasteiger charge is 2.17. The Labute approximate surface area is 153 Å². The number of fused-ring (bicyclic) bond motifs is 7. The topological polar surface area (TPSA) is 20.7 Å². The van der Waals surface area contributed by atoms with E-state index >= 15 is 0 Å². The summed E-state index contributed by atoms with van der Waals surface area (Å²) in [6, 6.07) is 27.1. The monoisotopic (exact) mass is 334 g/mol. The molecule has 2 heterocycles. The number of nitrogens with one attached hydrogen (secondary N) is 1. The summed E-state index contributed by atoms with van der Waals surface area (Å²) in [6.45, 7) is 0. The molecule has 2 aromatic heterocycles. The number of aromatic nitrogens is 2. The molecule has 2 heteroatoms. The lowest BCUT2D eigenvalue weighted by Gasteiger charge is -2.08. The summed E-state index contributed by atoms with van der Waals surface area (Å²) in [5.41, 5.74) is 4.80. The van der Waals surface area contributed by atoms with Gasteiger partial charge in [-0.1, -0.05) is 60.6 Å². The first-order valence-electron chi connectivity index (χ1n) is 9.74. The molecule has 0 fully saturated rings. The third kappa shape index (κ3) is 1.71. The predicted octanol–water partition coefficient (Wildman–Crippen LogP) is 6.42.